The van der Waals surface area contributed by atoms with Crippen molar-refractivity contribution >= 4 is 11.8 Å². The van der Waals surface area contributed by atoms with E-state index in [4.69, 9.17) is 0 Å². The monoisotopic (exact) mass is 431 g/mol. The Labute approximate surface area is 188 Å². The maximum Gasteiger partial charge on any atom is 0.274 e. The lowest BCUT2D eigenvalue weighted by Crippen LogP contribution is -2.54. The molecule has 3 heterocycles. The molecule has 1 unspecified atom stereocenters. The third-order valence-electron chi connectivity index (χ3n) is 6.13. The molecular formula is C25H29N5O2. The number of benzene rings is 1. The second-order valence-corrected chi connectivity index (χ2v) is 8.42. The highest BCUT2D eigenvalue weighted by Gasteiger charge is 2.44. The van der Waals surface area contributed by atoms with Crippen LogP contribution in [0.4, 0.5) is 0 Å². The first-order chi connectivity index (χ1) is 15.5. The first-order valence-corrected chi connectivity index (χ1v) is 11.1. The van der Waals surface area contributed by atoms with Gasteiger partial charge in [-0.05, 0) is 49.4 Å². The fourth-order valence-corrected chi connectivity index (χ4v) is 4.60. The van der Waals surface area contributed by atoms with Crippen LogP contribution in [0.2, 0.25) is 0 Å². The number of aryl methyl sites for hydroxylation is 1. The van der Waals surface area contributed by atoms with Crippen LogP contribution >= 0.6 is 0 Å². The Kier molecular flexibility index (Phi) is 6.35. The van der Waals surface area contributed by atoms with Crippen molar-refractivity contribution in [2.24, 2.45) is 12.5 Å². The van der Waals surface area contributed by atoms with E-state index in [0.717, 1.165) is 29.5 Å². The van der Waals surface area contributed by atoms with E-state index in [1.54, 1.807) is 35.1 Å². The van der Waals surface area contributed by atoms with Crippen LogP contribution in [-0.4, -0.2) is 51.1 Å². The number of carbonyl (C=O) groups excluding carboxylic acids is 2. The largest absolute Gasteiger partial charge is 0.356 e. The molecule has 0 saturated carbocycles. The second-order valence-electron chi connectivity index (χ2n) is 8.42. The SMILES string of the molecule is CCNC(=O)C1(Cc2ccccc2-c2cccnc2)CCCN(C(=O)c2ccn(C)n2)C1. The second kappa shape index (κ2) is 9.34. The van der Waals surface area contributed by atoms with Gasteiger partial charge in [0, 0.05) is 50.8 Å². The zero-order chi connectivity index (χ0) is 22.6. The Balaban J connectivity index is 1.67. The van der Waals surface area contributed by atoms with Gasteiger partial charge in [-0.25, -0.2) is 0 Å². The minimum absolute atomic E-state index is 0.000453. The lowest BCUT2D eigenvalue weighted by atomic mass is 9.73. The van der Waals surface area contributed by atoms with Gasteiger partial charge in [0.1, 0.15) is 5.69 Å². The molecule has 1 atom stereocenters. The van der Waals surface area contributed by atoms with Crippen LogP contribution in [0.3, 0.4) is 0 Å². The van der Waals surface area contributed by atoms with Gasteiger partial charge < -0.3 is 10.2 Å². The normalized spacial score (nSPS) is 18.4. The Morgan fingerprint density at radius 1 is 1.16 bits per heavy atom. The van der Waals surface area contributed by atoms with Crippen molar-refractivity contribution in [1.82, 2.24) is 25.0 Å². The summed E-state index contributed by atoms with van der Waals surface area (Å²) in [7, 11) is 1.79. The molecule has 166 valence electrons. The minimum atomic E-state index is -0.697. The molecule has 3 aromatic rings. The van der Waals surface area contributed by atoms with Gasteiger partial charge in [0.25, 0.3) is 5.91 Å². The van der Waals surface area contributed by atoms with Crippen molar-refractivity contribution in [2.75, 3.05) is 19.6 Å². The molecule has 1 aliphatic heterocycles. The highest BCUT2D eigenvalue weighted by Crippen LogP contribution is 2.37. The maximum absolute atomic E-state index is 13.4. The summed E-state index contributed by atoms with van der Waals surface area (Å²) < 4.78 is 1.62. The average Bonchev–Trinajstić information content (AvgIpc) is 3.26. The van der Waals surface area contributed by atoms with Crippen molar-refractivity contribution in [2.45, 2.75) is 26.2 Å². The van der Waals surface area contributed by atoms with Crippen LogP contribution in [-0.2, 0) is 18.3 Å². The van der Waals surface area contributed by atoms with E-state index in [9.17, 15) is 9.59 Å². The van der Waals surface area contributed by atoms with Crippen LogP contribution in [0, 0.1) is 5.41 Å². The van der Waals surface area contributed by atoms with Gasteiger partial charge in [-0.3, -0.25) is 19.3 Å². The molecule has 1 fully saturated rings. The highest BCUT2D eigenvalue weighted by atomic mass is 16.2. The number of nitrogens with one attached hydrogen (secondary N) is 1. The van der Waals surface area contributed by atoms with Gasteiger partial charge in [0.05, 0.1) is 5.41 Å². The van der Waals surface area contributed by atoms with Crippen LogP contribution in [0.15, 0.2) is 61.1 Å². The third kappa shape index (κ3) is 4.42. The Morgan fingerprint density at radius 3 is 2.72 bits per heavy atom. The summed E-state index contributed by atoms with van der Waals surface area (Å²) in [4.78, 5) is 32.6. The van der Waals surface area contributed by atoms with Crippen molar-refractivity contribution in [3.05, 3.63) is 72.3 Å². The van der Waals surface area contributed by atoms with E-state index >= 15 is 0 Å². The van der Waals surface area contributed by atoms with Gasteiger partial charge in [-0.15, -0.1) is 0 Å². The standard InChI is InChI=1S/C25H29N5O2/c1-3-27-24(32)25(12-7-14-30(18-25)23(31)22-11-15-29(2)28-22)16-19-8-4-5-10-21(19)20-9-6-13-26-17-20/h4-6,8-11,13,15,17H,3,7,12,14,16,18H2,1-2H3,(H,27,32). The summed E-state index contributed by atoms with van der Waals surface area (Å²) in [6.45, 7) is 3.48. The predicted octanol–water partition coefficient (Wildman–Crippen LogP) is 3.08. The zero-order valence-corrected chi connectivity index (χ0v) is 18.6. The molecule has 1 N–H and O–H groups in total. The number of nitrogens with zero attached hydrogens (tertiary/aromatic N) is 4. The maximum atomic E-state index is 13.4. The summed E-state index contributed by atoms with van der Waals surface area (Å²) in [6, 6.07) is 13.8. The van der Waals surface area contributed by atoms with Gasteiger partial charge in [-0.1, -0.05) is 30.3 Å². The number of piperidine rings is 1. The first-order valence-electron chi connectivity index (χ1n) is 11.1. The average molecular weight is 432 g/mol. The molecule has 0 spiro atoms. The summed E-state index contributed by atoms with van der Waals surface area (Å²) in [5, 5.41) is 7.30. The summed E-state index contributed by atoms with van der Waals surface area (Å²) >= 11 is 0. The van der Waals surface area contributed by atoms with Crippen molar-refractivity contribution in [3.8, 4) is 11.1 Å². The zero-order valence-electron chi connectivity index (χ0n) is 18.6. The third-order valence-corrected chi connectivity index (χ3v) is 6.13. The molecule has 2 amide bonds. The lowest BCUT2D eigenvalue weighted by molar-refractivity contribution is -0.133. The number of hydrogen-bond acceptors (Lipinski definition) is 4. The first kappa shape index (κ1) is 21.7. The van der Waals surface area contributed by atoms with Crippen LogP contribution in [0.1, 0.15) is 35.8 Å². The molecule has 0 radical (unpaired) electrons. The Hall–Kier alpha value is -3.48. The van der Waals surface area contributed by atoms with Crippen molar-refractivity contribution in [3.63, 3.8) is 0 Å². The molecule has 7 nitrogen and oxygen atoms in total. The molecule has 0 bridgehead atoms. The number of pyridine rings is 1. The smallest absolute Gasteiger partial charge is 0.274 e. The topological polar surface area (TPSA) is 80.1 Å². The fourth-order valence-electron chi connectivity index (χ4n) is 4.60. The van der Waals surface area contributed by atoms with Crippen LogP contribution in [0.25, 0.3) is 11.1 Å². The molecular weight excluding hydrogens is 402 g/mol. The van der Waals surface area contributed by atoms with Crippen LogP contribution < -0.4 is 5.32 Å². The summed E-state index contributed by atoms with van der Waals surface area (Å²) in [6.07, 6.45) is 7.41. The molecule has 1 saturated heterocycles. The molecule has 0 aliphatic carbocycles. The van der Waals surface area contributed by atoms with Crippen LogP contribution in [0.5, 0.6) is 0 Å². The number of amides is 2. The Morgan fingerprint density at radius 2 is 2.00 bits per heavy atom. The summed E-state index contributed by atoms with van der Waals surface area (Å²) in [5.74, 6) is -0.126. The minimum Gasteiger partial charge on any atom is -0.356 e. The van der Waals surface area contributed by atoms with E-state index in [0.29, 0.717) is 31.7 Å². The predicted molar refractivity (Wildman–Crippen MR) is 123 cm³/mol. The molecule has 4 rings (SSSR count). The van der Waals surface area contributed by atoms with E-state index < -0.39 is 5.41 Å². The highest BCUT2D eigenvalue weighted by molar-refractivity contribution is 5.93. The van der Waals surface area contributed by atoms with Gasteiger partial charge in [0.2, 0.25) is 5.91 Å². The van der Waals surface area contributed by atoms with E-state index in [-0.39, 0.29) is 11.8 Å². The van der Waals surface area contributed by atoms with Gasteiger partial charge >= 0.3 is 0 Å². The molecule has 1 aliphatic rings. The van der Waals surface area contributed by atoms with E-state index in [1.807, 2.05) is 37.4 Å². The fraction of sp³-hybridized carbons (Fsp3) is 0.360. The molecule has 32 heavy (non-hydrogen) atoms. The van der Waals surface area contributed by atoms with Gasteiger partial charge in [0.15, 0.2) is 0 Å². The van der Waals surface area contributed by atoms with Gasteiger partial charge in [-0.2, -0.15) is 5.10 Å². The quantitative estimate of drug-likeness (QED) is 0.650. The number of likely N-dealkylation sites (tertiary alicyclic amines) is 1. The number of carbonyl (C=O) groups is 2. The summed E-state index contributed by atoms with van der Waals surface area (Å²) in [5.41, 5.74) is 2.88. The number of aromatic nitrogens is 3. The molecule has 2 aromatic heterocycles. The Bertz CT molecular complexity index is 1090. The van der Waals surface area contributed by atoms with Crippen molar-refractivity contribution < 1.29 is 9.59 Å². The number of hydrogen-bond donors (Lipinski definition) is 1. The number of rotatable bonds is 6. The van der Waals surface area contributed by atoms with E-state index in [1.165, 1.54) is 0 Å². The van der Waals surface area contributed by atoms with E-state index in [2.05, 4.69) is 27.5 Å². The molecule has 1 aromatic carbocycles. The van der Waals surface area contributed by atoms with Crippen molar-refractivity contribution in [1.29, 1.82) is 0 Å². The lowest BCUT2D eigenvalue weighted by Gasteiger charge is -2.42. The molecule has 7 heteroatoms.